The van der Waals surface area contributed by atoms with E-state index in [0.29, 0.717) is 52.9 Å². The minimum Gasteiger partial charge on any atom is -0.465 e. The molecular formula is C37H57N5O12S. The molecule has 0 aliphatic carbocycles. The van der Waals surface area contributed by atoms with E-state index in [4.69, 9.17) is 33.5 Å². The summed E-state index contributed by atoms with van der Waals surface area (Å²) in [6.45, 7) is 11.3. The van der Waals surface area contributed by atoms with Crippen molar-refractivity contribution >= 4 is 35.2 Å². The minimum atomic E-state index is -1.08. The second-order valence-electron chi connectivity index (χ2n) is 13.8. The predicted octanol–water partition coefficient (Wildman–Crippen LogP) is 1.59. The standard InChI is InChI=1S/C37H57N5O12S/c1-26-32(55-25-40-26)28-7-5-27(6-8-28)22-39-34(45)30-21-29(43)23-42(30)35(46)33(37(2,3)4)41-31(44)24-54-20-19-53-18-17-52-16-15-51-14-13-50-12-11-49-10-9-38-36(47)48/h5-8,25,29-30,33,38,43H,9-24H2,1-4H3,(H,39,45)(H,41,44)(H,47,48)/t29-,30+,33-/m1/s1. The zero-order valence-corrected chi connectivity index (χ0v) is 33.0. The lowest BCUT2D eigenvalue weighted by molar-refractivity contribution is -0.144. The normalized spacial score (nSPS) is 16.2. The number of carboxylic acid groups (broad SMARTS) is 1. The van der Waals surface area contributed by atoms with Crippen LogP contribution in [0.15, 0.2) is 29.8 Å². The van der Waals surface area contributed by atoms with Crippen molar-refractivity contribution in [3.8, 4) is 10.4 Å². The van der Waals surface area contributed by atoms with Gasteiger partial charge in [0.2, 0.25) is 17.7 Å². The summed E-state index contributed by atoms with van der Waals surface area (Å²) in [6, 6.07) is 6.00. The first-order valence-electron chi connectivity index (χ1n) is 18.3. The molecule has 55 heavy (non-hydrogen) atoms. The number of hydrogen-bond acceptors (Lipinski definition) is 13. The van der Waals surface area contributed by atoms with Gasteiger partial charge in [0.15, 0.2) is 0 Å². The summed E-state index contributed by atoms with van der Waals surface area (Å²) < 4.78 is 32.4. The molecular weight excluding hydrogens is 738 g/mol. The van der Waals surface area contributed by atoms with Crippen LogP contribution in [0, 0.1) is 12.3 Å². The summed E-state index contributed by atoms with van der Waals surface area (Å²) >= 11 is 1.57. The maximum absolute atomic E-state index is 13.8. The molecule has 0 spiro atoms. The molecule has 4 amide bonds. The van der Waals surface area contributed by atoms with Crippen LogP contribution >= 0.6 is 11.3 Å². The number of aliphatic hydroxyl groups is 1. The number of aromatic nitrogens is 1. The van der Waals surface area contributed by atoms with Crippen molar-refractivity contribution in [2.45, 2.75) is 58.8 Å². The third-order valence-corrected chi connectivity index (χ3v) is 9.30. The quantitative estimate of drug-likeness (QED) is 0.0857. The van der Waals surface area contributed by atoms with Crippen LogP contribution in [0.5, 0.6) is 0 Å². The SMILES string of the molecule is Cc1ncsc1-c1ccc(CNC(=O)[C@@H]2C[C@@H](O)CN2C(=O)[C@@H](NC(=O)COCCOCCOCCOCCOCCOCCNC(=O)O)C(C)(C)C)cc1. The van der Waals surface area contributed by atoms with Gasteiger partial charge in [0.25, 0.3) is 0 Å². The Morgan fingerprint density at radius 3 is 1.91 bits per heavy atom. The summed E-state index contributed by atoms with van der Waals surface area (Å²) in [5.74, 6) is -1.31. The van der Waals surface area contributed by atoms with Crippen LogP contribution in [0.3, 0.4) is 0 Å². The molecule has 308 valence electrons. The van der Waals surface area contributed by atoms with E-state index in [1.165, 1.54) is 4.90 Å². The van der Waals surface area contributed by atoms with Gasteiger partial charge in [-0.1, -0.05) is 45.0 Å². The van der Waals surface area contributed by atoms with Gasteiger partial charge in [-0.15, -0.1) is 11.3 Å². The number of carbonyl (C=O) groups excluding carboxylic acids is 3. The van der Waals surface area contributed by atoms with Crippen molar-refractivity contribution in [1.82, 2.24) is 25.8 Å². The van der Waals surface area contributed by atoms with Gasteiger partial charge in [-0.25, -0.2) is 9.78 Å². The van der Waals surface area contributed by atoms with Gasteiger partial charge in [-0.05, 0) is 23.5 Å². The number of β-amino-alcohol motifs (C(OH)–C–C–N with tert-alkyl or cyclic N) is 1. The van der Waals surface area contributed by atoms with Gasteiger partial charge >= 0.3 is 6.09 Å². The first-order chi connectivity index (χ1) is 26.4. The highest BCUT2D eigenvalue weighted by Gasteiger charge is 2.44. The molecule has 0 saturated carbocycles. The molecule has 18 heteroatoms. The summed E-state index contributed by atoms with van der Waals surface area (Å²) in [6.07, 6.45) is -1.86. The topological polar surface area (TPSA) is 216 Å². The predicted molar refractivity (Wildman–Crippen MR) is 203 cm³/mol. The van der Waals surface area contributed by atoms with E-state index < -0.39 is 41.5 Å². The van der Waals surface area contributed by atoms with Crippen molar-refractivity contribution in [1.29, 1.82) is 0 Å². The van der Waals surface area contributed by atoms with Gasteiger partial charge in [0.1, 0.15) is 18.7 Å². The molecule has 1 aliphatic heterocycles. The minimum absolute atomic E-state index is 0.0165. The van der Waals surface area contributed by atoms with Crippen LogP contribution in [-0.4, -0.2) is 154 Å². The fraction of sp³-hybridized carbons (Fsp3) is 0.649. The molecule has 2 heterocycles. The first-order valence-corrected chi connectivity index (χ1v) is 19.2. The molecule has 2 aromatic rings. The largest absolute Gasteiger partial charge is 0.465 e. The molecule has 0 unspecified atom stereocenters. The van der Waals surface area contributed by atoms with E-state index in [-0.39, 0.29) is 58.4 Å². The van der Waals surface area contributed by atoms with Crippen LogP contribution in [0.4, 0.5) is 4.79 Å². The van der Waals surface area contributed by atoms with Crippen molar-refractivity contribution in [3.63, 3.8) is 0 Å². The Balaban J connectivity index is 1.27. The lowest BCUT2D eigenvalue weighted by Gasteiger charge is -2.35. The van der Waals surface area contributed by atoms with Crippen LogP contribution in [0.1, 0.15) is 38.4 Å². The van der Waals surface area contributed by atoms with Gasteiger partial charge in [-0.3, -0.25) is 14.4 Å². The van der Waals surface area contributed by atoms with Gasteiger partial charge in [-0.2, -0.15) is 0 Å². The van der Waals surface area contributed by atoms with E-state index in [2.05, 4.69) is 20.9 Å². The van der Waals surface area contributed by atoms with Crippen LogP contribution in [0.25, 0.3) is 10.4 Å². The molecule has 3 atom stereocenters. The summed E-state index contributed by atoms with van der Waals surface area (Å²) in [7, 11) is 0. The number of carbonyl (C=O) groups is 4. The average Bonchev–Trinajstić information content (AvgIpc) is 3.76. The number of nitrogens with one attached hydrogen (secondary N) is 3. The maximum Gasteiger partial charge on any atom is 0.404 e. The second kappa shape index (κ2) is 24.7. The van der Waals surface area contributed by atoms with Gasteiger partial charge in [0, 0.05) is 26.1 Å². The summed E-state index contributed by atoms with van der Waals surface area (Å²) in [5, 5.41) is 26.8. The molecule has 3 rings (SSSR count). The number of nitrogens with zero attached hydrogens (tertiary/aromatic N) is 2. The Labute approximate surface area is 326 Å². The van der Waals surface area contributed by atoms with Crippen molar-refractivity contribution in [2.24, 2.45) is 5.41 Å². The number of likely N-dealkylation sites (tertiary alicyclic amines) is 1. The third-order valence-electron chi connectivity index (χ3n) is 8.33. The molecule has 0 bridgehead atoms. The Bertz CT molecular complexity index is 1450. The van der Waals surface area contributed by atoms with Crippen LogP contribution in [-0.2, 0) is 49.3 Å². The smallest absolute Gasteiger partial charge is 0.404 e. The van der Waals surface area contributed by atoms with Crippen LogP contribution in [0.2, 0.25) is 0 Å². The fourth-order valence-electron chi connectivity index (χ4n) is 5.48. The summed E-state index contributed by atoms with van der Waals surface area (Å²) in [5.41, 5.74) is 4.01. The zero-order valence-electron chi connectivity index (χ0n) is 32.2. The number of ether oxygens (including phenoxy) is 6. The Morgan fingerprint density at radius 1 is 0.855 bits per heavy atom. The molecule has 0 radical (unpaired) electrons. The van der Waals surface area contributed by atoms with Crippen molar-refractivity contribution in [2.75, 3.05) is 92.4 Å². The number of hydrogen-bond donors (Lipinski definition) is 5. The van der Waals surface area contributed by atoms with E-state index >= 15 is 0 Å². The number of aliphatic hydroxyl groups excluding tert-OH is 1. The van der Waals surface area contributed by atoms with E-state index in [9.17, 15) is 24.3 Å². The third kappa shape index (κ3) is 17.3. The number of rotatable bonds is 26. The maximum atomic E-state index is 13.8. The van der Waals surface area contributed by atoms with Gasteiger partial charge < -0.3 is 59.5 Å². The van der Waals surface area contributed by atoms with E-state index in [1.807, 2.05) is 52.0 Å². The molecule has 1 aromatic carbocycles. The lowest BCUT2D eigenvalue weighted by Crippen LogP contribution is -2.58. The molecule has 17 nitrogen and oxygen atoms in total. The molecule has 1 aliphatic rings. The first kappa shape index (κ1) is 45.6. The second-order valence-corrected chi connectivity index (χ2v) is 14.6. The molecule has 1 aromatic heterocycles. The number of amides is 4. The van der Waals surface area contributed by atoms with Crippen molar-refractivity contribution in [3.05, 3.63) is 41.0 Å². The van der Waals surface area contributed by atoms with Crippen molar-refractivity contribution < 1.29 is 57.8 Å². The highest BCUT2D eigenvalue weighted by atomic mass is 32.1. The molecule has 1 fully saturated rings. The highest BCUT2D eigenvalue weighted by Crippen LogP contribution is 2.28. The monoisotopic (exact) mass is 795 g/mol. The number of aryl methyl sites for hydroxylation is 1. The highest BCUT2D eigenvalue weighted by molar-refractivity contribution is 7.13. The molecule has 5 N–H and O–H groups in total. The van der Waals surface area contributed by atoms with E-state index in [1.54, 1.807) is 16.8 Å². The number of thiazole rings is 1. The lowest BCUT2D eigenvalue weighted by atomic mass is 9.85. The van der Waals surface area contributed by atoms with E-state index in [0.717, 1.165) is 21.7 Å². The van der Waals surface area contributed by atoms with Gasteiger partial charge in [0.05, 0.1) is 94.9 Å². The fourth-order valence-corrected chi connectivity index (χ4v) is 6.29. The number of benzene rings is 1. The molecule has 1 saturated heterocycles. The van der Waals surface area contributed by atoms with Crippen LogP contribution < -0.4 is 16.0 Å². The Hall–Kier alpha value is -3.75. The Morgan fingerprint density at radius 2 is 1.40 bits per heavy atom. The summed E-state index contributed by atoms with van der Waals surface area (Å²) in [4.78, 5) is 57.0. The zero-order chi connectivity index (χ0) is 40.1. The average molecular weight is 796 g/mol. The Kier molecular flexibility index (Phi) is 20.5.